The van der Waals surface area contributed by atoms with Crippen LogP contribution in [0.15, 0.2) is 59.8 Å². The summed E-state index contributed by atoms with van der Waals surface area (Å²) >= 11 is 1.18. The van der Waals surface area contributed by atoms with Crippen molar-refractivity contribution >= 4 is 23.7 Å². The summed E-state index contributed by atoms with van der Waals surface area (Å²) in [5.74, 6) is -0.186. The van der Waals surface area contributed by atoms with E-state index in [1.807, 2.05) is 30.3 Å². The molecule has 1 atom stereocenters. The Morgan fingerprint density at radius 3 is 2.42 bits per heavy atom. The van der Waals surface area contributed by atoms with Crippen LogP contribution in [-0.2, 0) is 4.79 Å². The summed E-state index contributed by atoms with van der Waals surface area (Å²) in [5, 5.41) is 13.8. The number of urea groups is 1. The first-order valence-electron chi connectivity index (χ1n) is 11.1. The second-order valence-electron chi connectivity index (χ2n) is 8.04. The molecule has 1 aliphatic rings. The highest BCUT2D eigenvalue weighted by Gasteiger charge is 2.24. The maximum absolute atomic E-state index is 13.5. The van der Waals surface area contributed by atoms with E-state index in [4.69, 9.17) is 0 Å². The van der Waals surface area contributed by atoms with Crippen LogP contribution in [0.1, 0.15) is 39.0 Å². The van der Waals surface area contributed by atoms with Gasteiger partial charge in [-0.25, -0.2) is 9.18 Å². The zero-order valence-electron chi connectivity index (χ0n) is 18.3. The number of carbonyl (C=O) groups excluding carboxylic acids is 2. The summed E-state index contributed by atoms with van der Waals surface area (Å²) in [6.07, 6.45) is 5.25. The fraction of sp³-hybridized carbons (Fsp3) is 0.333. The first kappa shape index (κ1) is 23.0. The fourth-order valence-corrected chi connectivity index (χ4v) is 4.70. The molecule has 1 fully saturated rings. The largest absolute Gasteiger partial charge is 0.335 e. The van der Waals surface area contributed by atoms with Gasteiger partial charge in [0.2, 0.25) is 5.91 Å². The van der Waals surface area contributed by atoms with Crippen LogP contribution in [0.25, 0.3) is 17.1 Å². The number of rotatable bonds is 6. The molecule has 0 saturated heterocycles. The Kier molecular flexibility index (Phi) is 7.39. The van der Waals surface area contributed by atoms with Crippen LogP contribution in [-0.4, -0.2) is 38.0 Å². The summed E-state index contributed by atoms with van der Waals surface area (Å²) < 4.78 is 15.3. The number of halogens is 1. The fourth-order valence-electron chi connectivity index (χ4n) is 3.84. The Labute approximate surface area is 196 Å². The van der Waals surface area contributed by atoms with Crippen LogP contribution >= 0.6 is 11.8 Å². The molecule has 1 aliphatic carbocycles. The third kappa shape index (κ3) is 5.78. The van der Waals surface area contributed by atoms with E-state index in [9.17, 15) is 14.0 Å². The molecular formula is C24H26FN5O2S. The summed E-state index contributed by atoms with van der Waals surface area (Å²) in [6.45, 7) is 1.71. The number of thioether (sulfide) groups is 1. The lowest BCUT2D eigenvalue weighted by atomic mass is 9.96. The van der Waals surface area contributed by atoms with E-state index in [1.165, 1.54) is 30.3 Å². The van der Waals surface area contributed by atoms with Gasteiger partial charge in [-0.2, -0.15) is 0 Å². The number of benzene rings is 2. The predicted octanol–water partition coefficient (Wildman–Crippen LogP) is 4.71. The van der Waals surface area contributed by atoms with Gasteiger partial charge in [-0.15, -0.1) is 10.2 Å². The van der Waals surface area contributed by atoms with Gasteiger partial charge >= 0.3 is 6.03 Å². The molecule has 3 amide bonds. The summed E-state index contributed by atoms with van der Waals surface area (Å²) in [6, 6.07) is 15.2. The molecule has 0 spiro atoms. The lowest BCUT2D eigenvalue weighted by molar-refractivity contribution is -0.119. The molecule has 1 heterocycles. The number of hydrogen-bond donors (Lipinski definition) is 2. The quantitative estimate of drug-likeness (QED) is 0.513. The second kappa shape index (κ2) is 10.6. The number of carbonyl (C=O) groups is 2. The molecular weight excluding hydrogens is 441 g/mol. The van der Waals surface area contributed by atoms with Crippen molar-refractivity contribution in [3.63, 3.8) is 0 Å². The molecule has 0 aliphatic heterocycles. The highest BCUT2D eigenvalue weighted by atomic mass is 32.2. The highest BCUT2D eigenvalue weighted by molar-refractivity contribution is 8.00. The number of imide groups is 1. The van der Waals surface area contributed by atoms with Gasteiger partial charge in [-0.05, 0) is 44.0 Å². The molecule has 3 aromatic rings. The highest BCUT2D eigenvalue weighted by Crippen LogP contribution is 2.30. The number of nitrogens with one attached hydrogen (secondary N) is 2. The summed E-state index contributed by atoms with van der Waals surface area (Å²) in [7, 11) is 0. The van der Waals surface area contributed by atoms with Crippen LogP contribution in [0.3, 0.4) is 0 Å². The molecule has 2 N–H and O–H groups in total. The van der Waals surface area contributed by atoms with Crippen molar-refractivity contribution < 1.29 is 14.0 Å². The van der Waals surface area contributed by atoms with E-state index >= 15 is 0 Å². The Hall–Kier alpha value is -3.20. The van der Waals surface area contributed by atoms with Gasteiger partial charge in [0.1, 0.15) is 5.82 Å². The molecule has 0 radical (unpaired) electrons. The number of aromatic nitrogens is 3. The van der Waals surface area contributed by atoms with Crippen LogP contribution in [0, 0.1) is 5.82 Å². The van der Waals surface area contributed by atoms with E-state index in [-0.39, 0.29) is 11.9 Å². The SMILES string of the molecule is CC(Sc1nnc(-c2ccccc2)n1-c1ccc(F)cc1)C(=O)NC(=O)NC1CCCCC1. The molecule has 2 aromatic carbocycles. The van der Waals surface area contributed by atoms with Crippen LogP contribution in [0.2, 0.25) is 0 Å². The molecule has 7 nitrogen and oxygen atoms in total. The Morgan fingerprint density at radius 1 is 1.03 bits per heavy atom. The normalized spacial score (nSPS) is 15.1. The van der Waals surface area contributed by atoms with Crippen molar-refractivity contribution in [1.82, 2.24) is 25.4 Å². The lowest BCUT2D eigenvalue weighted by Gasteiger charge is -2.23. The number of hydrogen-bond acceptors (Lipinski definition) is 5. The number of nitrogens with zero attached hydrogens (tertiary/aromatic N) is 3. The van der Waals surface area contributed by atoms with Crippen LogP contribution < -0.4 is 10.6 Å². The Balaban J connectivity index is 1.51. The summed E-state index contributed by atoms with van der Waals surface area (Å²) in [4.78, 5) is 24.9. The zero-order valence-corrected chi connectivity index (χ0v) is 19.1. The van der Waals surface area contributed by atoms with Gasteiger partial charge in [-0.1, -0.05) is 61.4 Å². The molecule has 33 heavy (non-hydrogen) atoms. The van der Waals surface area contributed by atoms with E-state index in [1.54, 1.807) is 23.6 Å². The molecule has 172 valence electrons. The van der Waals surface area contributed by atoms with Gasteiger partial charge in [0.15, 0.2) is 11.0 Å². The predicted molar refractivity (Wildman–Crippen MR) is 126 cm³/mol. The minimum atomic E-state index is -0.603. The minimum Gasteiger partial charge on any atom is -0.335 e. The average Bonchev–Trinajstić information content (AvgIpc) is 3.24. The van der Waals surface area contributed by atoms with Gasteiger partial charge in [0.05, 0.1) is 5.25 Å². The first-order chi connectivity index (χ1) is 16.0. The van der Waals surface area contributed by atoms with Crippen LogP contribution in [0.4, 0.5) is 9.18 Å². The minimum absolute atomic E-state index is 0.115. The van der Waals surface area contributed by atoms with Crippen molar-refractivity contribution in [3.8, 4) is 17.1 Å². The topological polar surface area (TPSA) is 88.9 Å². The Bertz CT molecular complexity index is 1100. The molecule has 4 rings (SSSR count). The van der Waals surface area contributed by atoms with Gasteiger partial charge in [0, 0.05) is 17.3 Å². The molecule has 0 bridgehead atoms. The maximum atomic E-state index is 13.5. The van der Waals surface area contributed by atoms with Crippen molar-refractivity contribution in [2.75, 3.05) is 0 Å². The van der Waals surface area contributed by atoms with Crippen LogP contribution in [0.5, 0.6) is 0 Å². The molecule has 1 aromatic heterocycles. The van der Waals surface area contributed by atoms with E-state index in [0.29, 0.717) is 16.7 Å². The standard InChI is InChI=1S/C24H26FN5O2S/c1-16(22(31)27-23(32)26-19-10-6-3-7-11-19)33-24-29-28-21(17-8-4-2-5-9-17)30(24)20-14-12-18(25)13-15-20/h2,4-5,8-9,12-16,19H,3,6-7,10-11H2,1H3,(H2,26,27,31,32). The smallest absolute Gasteiger partial charge is 0.321 e. The van der Waals surface area contributed by atoms with Crippen molar-refractivity contribution in [3.05, 3.63) is 60.4 Å². The zero-order chi connectivity index (χ0) is 23.2. The van der Waals surface area contributed by atoms with Gasteiger partial charge < -0.3 is 5.32 Å². The average molecular weight is 468 g/mol. The lowest BCUT2D eigenvalue weighted by Crippen LogP contribution is -2.47. The Morgan fingerprint density at radius 2 is 1.73 bits per heavy atom. The van der Waals surface area contributed by atoms with Gasteiger partial charge in [-0.3, -0.25) is 14.7 Å². The van der Waals surface area contributed by atoms with Crippen molar-refractivity contribution in [2.24, 2.45) is 0 Å². The van der Waals surface area contributed by atoms with E-state index in [2.05, 4.69) is 20.8 Å². The van der Waals surface area contributed by atoms with Crippen molar-refractivity contribution in [2.45, 2.75) is 55.5 Å². The molecule has 1 unspecified atom stereocenters. The molecule has 9 heteroatoms. The van der Waals surface area contributed by atoms with Gasteiger partial charge in [0.25, 0.3) is 0 Å². The third-order valence-electron chi connectivity index (χ3n) is 5.58. The monoisotopic (exact) mass is 467 g/mol. The summed E-state index contributed by atoms with van der Waals surface area (Å²) in [5.41, 5.74) is 1.51. The molecule has 1 saturated carbocycles. The van der Waals surface area contributed by atoms with Crippen molar-refractivity contribution in [1.29, 1.82) is 0 Å². The first-order valence-corrected chi connectivity index (χ1v) is 11.9. The third-order valence-corrected chi connectivity index (χ3v) is 6.62. The number of amides is 3. The maximum Gasteiger partial charge on any atom is 0.321 e. The second-order valence-corrected chi connectivity index (χ2v) is 9.35. The van der Waals surface area contributed by atoms with E-state index < -0.39 is 17.2 Å². The van der Waals surface area contributed by atoms with E-state index in [0.717, 1.165) is 31.2 Å².